The predicted octanol–water partition coefficient (Wildman–Crippen LogP) is 2.49. The molecule has 1 amide bonds. The molecule has 114 valence electrons. The third-order valence-corrected chi connectivity index (χ3v) is 3.90. The summed E-state index contributed by atoms with van der Waals surface area (Å²) in [7, 11) is 0. The minimum atomic E-state index is -0.216. The maximum absolute atomic E-state index is 13.8. The lowest BCUT2D eigenvalue weighted by molar-refractivity contribution is 0.0746. The van der Waals surface area contributed by atoms with Crippen LogP contribution in [0, 0.1) is 12.7 Å². The number of hydrogen-bond acceptors (Lipinski definition) is 3. The predicted molar refractivity (Wildman–Crippen MR) is 83.5 cm³/mol. The highest BCUT2D eigenvalue weighted by molar-refractivity contribution is 5.94. The van der Waals surface area contributed by atoms with E-state index < -0.39 is 0 Å². The zero-order valence-corrected chi connectivity index (χ0v) is 12.5. The summed E-state index contributed by atoms with van der Waals surface area (Å²) in [5, 5.41) is 0. The Balaban J connectivity index is 1.67. The molecule has 1 aromatic heterocycles. The fraction of sp³-hybridized carbons (Fsp3) is 0.294. The van der Waals surface area contributed by atoms with E-state index >= 15 is 0 Å². The molecular formula is C17H18FN3O. The molecule has 3 rings (SSSR count). The van der Waals surface area contributed by atoms with Crippen LogP contribution in [0.1, 0.15) is 16.1 Å². The SMILES string of the molecule is Cc1cc(C(=O)N2CCN(c3ccccc3F)CC2)ccn1. The van der Waals surface area contributed by atoms with Gasteiger partial charge in [0.25, 0.3) is 5.91 Å². The first-order valence-electron chi connectivity index (χ1n) is 7.36. The molecule has 1 aliphatic heterocycles. The molecule has 0 atom stereocenters. The molecule has 0 N–H and O–H groups in total. The molecule has 0 radical (unpaired) electrons. The van der Waals surface area contributed by atoms with E-state index in [2.05, 4.69) is 4.98 Å². The fourth-order valence-corrected chi connectivity index (χ4v) is 2.72. The molecule has 0 spiro atoms. The molecule has 0 unspecified atom stereocenters. The van der Waals surface area contributed by atoms with Gasteiger partial charge in [-0.3, -0.25) is 9.78 Å². The Bertz CT molecular complexity index is 681. The third kappa shape index (κ3) is 2.93. The van der Waals surface area contributed by atoms with Gasteiger partial charge < -0.3 is 9.80 Å². The maximum Gasteiger partial charge on any atom is 0.254 e. The lowest BCUT2D eigenvalue weighted by Gasteiger charge is -2.36. The zero-order valence-electron chi connectivity index (χ0n) is 12.5. The number of halogens is 1. The second-order valence-electron chi connectivity index (χ2n) is 5.42. The van der Waals surface area contributed by atoms with E-state index in [1.807, 2.05) is 22.8 Å². The Hall–Kier alpha value is -2.43. The van der Waals surface area contributed by atoms with Gasteiger partial charge in [-0.15, -0.1) is 0 Å². The molecule has 1 aliphatic rings. The van der Waals surface area contributed by atoms with Crippen molar-refractivity contribution in [2.24, 2.45) is 0 Å². The highest BCUT2D eigenvalue weighted by Crippen LogP contribution is 2.20. The Morgan fingerprint density at radius 1 is 1.14 bits per heavy atom. The smallest absolute Gasteiger partial charge is 0.254 e. The number of anilines is 1. The molecule has 0 bridgehead atoms. The quantitative estimate of drug-likeness (QED) is 0.855. The van der Waals surface area contributed by atoms with Crippen LogP contribution in [-0.2, 0) is 0 Å². The van der Waals surface area contributed by atoms with E-state index in [0.29, 0.717) is 37.4 Å². The standard InChI is InChI=1S/C17H18FN3O/c1-13-12-14(6-7-19-13)17(22)21-10-8-20(9-11-21)16-5-3-2-4-15(16)18/h2-7,12H,8-11H2,1H3. The van der Waals surface area contributed by atoms with Crippen LogP contribution in [0.15, 0.2) is 42.6 Å². The summed E-state index contributed by atoms with van der Waals surface area (Å²) in [6.45, 7) is 4.32. The molecule has 2 heterocycles. The van der Waals surface area contributed by atoms with Crippen LogP contribution in [-0.4, -0.2) is 42.0 Å². The van der Waals surface area contributed by atoms with E-state index in [0.717, 1.165) is 5.69 Å². The van der Waals surface area contributed by atoms with Gasteiger partial charge in [0.05, 0.1) is 5.69 Å². The number of nitrogens with zero attached hydrogens (tertiary/aromatic N) is 3. The van der Waals surface area contributed by atoms with Crippen molar-refractivity contribution >= 4 is 11.6 Å². The van der Waals surface area contributed by atoms with Crippen molar-refractivity contribution in [2.45, 2.75) is 6.92 Å². The summed E-state index contributed by atoms with van der Waals surface area (Å²) >= 11 is 0. The first-order valence-corrected chi connectivity index (χ1v) is 7.36. The van der Waals surface area contributed by atoms with E-state index in [1.54, 1.807) is 30.5 Å². The highest BCUT2D eigenvalue weighted by atomic mass is 19.1. The summed E-state index contributed by atoms with van der Waals surface area (Å²) in [4.78, 5) is 20.4. The molecule has 2 aromatic rings. The molecule has 5 heteroatoms. The number of aryl methyl sites for hydroxylation is 1. The number of benzene rings is 1. The van der Waals surface area contributed by atoms with Gasteiger partial charge in [-0.2, -0.15) is 0 Å². The number of pyridine rings is 1. The number of aromatic nitrogens is 1. The van der Waals surface area contributed by atoms with Crippen LogP contribution in [0.5, 0.6) is 0 Å². The molecular weight excluding hydrogens is 281 g/mol. The topological polar surface area (TPSA) is 36.4 Å². The van der Waals surface area contributed by atoms with Gasteiger partial charge >= 0.3 is 0 Å². The molecule has 1 saturated heterocycles. The van der Waals surface area contributed by atoms with Crippen molar-refractivity contribution in [1.82, 2.24) is 9.88 Å². The number of carbonyl (C=O) groups is 1. The number of para-hydroxylation sites is 1. The maximum atomic E-state index is 13.8. The van der Waals surface area contributed by atoms with E-state index in [1.165, 1.54) is 6.07 Å². The van der Waals surface area contributed by atoms with Crippen LogP contribution in [0.25, 0.3) is 0 Å². The Kier molecular flexibility index (Phi) is 4.04. The van der Waals surface area contributed by atoms with E-state index in [4.69, 9.17) is 0 Å². The van der Waals surface area contributed by atoms with E-state index in [9.17, 15) is 9.18 Å². The first-order chi connectivity index (χ1) is 10.6. The normalized spacial score (nSPS) is 15.0. The number of hydrogen-bond donors (Lipinski definition) is 0. The summed E-state index contributed by atoms with van der Waals surface area (Å²) in [6.07, 6.45) is 1.65. The monoisotopic (exact) mass is 299 g/mol. The largest absolute Gasteiger partial charge is 0.366 e. The van der Waals surface area contributed by atoms with Crippen molar-refractivity contribution < 1.29 is 9.18 Å². The number of piperazine rings is 1. The van der Waals surface area contributed by atoms with Crippen LogP contribution >= 0.6 is 0 Å². The van der Waals surface area contributed by atoms with Crippen LogP contribution in [0.3, 0.4) is 0 Å². The molecule has 4 nitrogen and oxygen atoms in total. The average molecular weight is 299 g/mol. The van der Waals surface area contributed by atoms with E-state index in [-0.39, 0.29) is 11.7 Å². The van der Waals surface area contributed by atoms with Gasteiger partial charge in [0.2, 0.25) is 0 Å². The summed E-state index contributed by atoms with van der Waals surface area (Å²) in [6, 6.07) is 10.3. The van der Waals surface area contributed by atoms with Crippen molar-refractivity contribution in [3.05, 3.63) is 59.7 Å². The lowest BCUT2D eigenvalue weighted by atomic mass is 10.2. The second kappa shape index (κ2) is 6.13. The van der Waals surface area contributed by atoms with Gasteiger partial charge in [0.15, 0.2) is 0 Å². The summed E-state index contributed by atoms with van der Waals surface area (Å²) < 4.78 is 13.8. The van der Waals surface area contributed by atoms with Crippen molar-refractivity contribution in [1.29, 1.82) is 0 Å². The van der Waals surface area contributed by atoms with Crippen molar-refractivity contribution in [2.75, 3.05) is 31.1 Å². The van der Waals surface area contributed by atoms with Crippen molar-refractivity contribution in [3.8, 4) is 0 Å². The highest BCUT2D eigenvalue weighted by Gasteiger charge is 2.23. The lowest BCUT2D eigenvalue weighted by Crippen LogP contribution is -2.49. The Morgan fingerprint density at radius 2 is 1.86 bits per heavy atom. The third-order valence-electron chi connectivity index (χ3n) is 3.90. The number of carbonyl (C=O) groups excluding carboxylic acids is 1. The first kappa shape index (κ1) is 14.5. The Labute approximate surface area is 129 Å². The van der Waals surface area contributed by atoms with Crippen LogP contribution in [0.2, 0.25) is 0 Å². The Morgan fingerprint density at radius 3 is 2.55 bits per heavy atom. The van der Waals surface area contributed by atoms with Gasteiger partial charge in [0.1, 0.15) is 5.82 Å². The summed E-state index contributed by atoms with van der Waals surface area (Å²) in [5.41, 5.74) is 2.09. The fourth-order valence-electron chi connectivity index (χ4n) is 2.72. The molecule has 0 saturated carbocycles. The number of amides is 1. The number of rotatable bonds is 2. The molecule has 0 aliphatic carbocycles. The minimum Gasteiger partial charge on any atom is -0.366 e. The molecule has 1 aromatic carbocycles. The van der Waals surface area contributed by atoms with Crippen LogP contribution in [0.4, 0.5) is 10.1 Å². The minimum absolute atomic E-state index is 0.0127. The second-order valence-corrected chi connectivity index (χ2v) is 5.42. The summed E-state index contributed by atoms with van der Waals surface area (Å²) in [5.74, 6) is -0.203. The molecule has 1 fully saturated rings. The van der Waals surface area contributed by atoms with Gasteiger partial charge in [-0.25, -0.2) is 4.39 Å². The van der Waals surface area contributed by atoms with Gasteiger partial charge in [-0.05, 0) is 31.2 Å². The average Bonchev–Trinajstić information content (AvgIpc) is 2.55. The van der Waals surface area contributed by atoms with Crippen molar-refractivity contribution in [3.63, 3.8) is 0 Å². The molecule has 22 heavy (non-hydrogen) atoms. The zero-order chi connectivity index (χ0) is 15.5. The van der Waals surface area contributed by atoms with Gasteiger partial charge in [0, 0.05) is 43.6 Å². The van der Waals surface area contributed by atoms with Gasteiger partial charge in [-0.1, -0.05) is 12.1 Å². The van der Waals surface area contributed by atoms with Crippen LogP contribution < -0.4 is 4.90 Å².